The van der Waals surface area contributed by atoms with Crippen LogP contribution in [0.4, 0.5) is 5.69 Å². The summed E-state index contributed by atoms with van der Waals surface area (Å²) in [6, 6.07) is 3.77. The summed E-state index contributed by atoms with van der Waals surface area (Å²) >= 11 is 0. The number of fused-ring (bicyclic) bond motifs is 1. The lowest BCUT2D eigenvalue weighted by molar-refractivity contribution is 0.111. The Bertz CT molecular complexity index is 350. The number of anilines is 1. The minimum atomic E-state index is 0.512. The van der Waals surface area contributed by atoms with Crippen molar-refractivity contribution < 1.29 is 4.79 Å². The summed E-state index contributed by atoms with van der Waals surface area (Å²) in [5.74, 6) is 1.86. The summed E-state index contributed by atoms with van der Waals surface area (Å²) in [6.45, 7) is 2.35. The molecule has 2 aliphatic rings. The van der Waals surface area contributed by atoms with Gasteiger partial charge in [0.15, 0.2) is 6.29 Å². The van der Waals surface area contributed by atoms with Gasteiger partial charge in [-0.3, -0.25) is 9.78 Å². The predicted octanol–water partition coefficient (Wildman–Crippen LogP) is 1.35. The first kappa shape index (κ1) is 7.97. The highest BCUT2D eigenvalue weighted by Crippen LogP contribution is 2.46. The largest absolute Gasteiger partial charge is 0.370 e. The van der Waals surface area contributed by atoms with Gasteiger partial charge in [-0.1, -0.05) is 0 Å². The molecule has 1 saturated carbocycles. The monoisotopic (exact) mass is 188 g/mol. The van der Waals surface area contributed by atoms with Crippen molar-refractivity contribution in [2.45, 2.75) is 6.42 Å². The molecule has 2 atom stereocenters. The van der Waals surface area contributed by atoms with Gasteiger partial charge in [-0.15, -0.1) is 0 Å². The average Bonchev–Trinajstić information content (AvgIpc) is 2.86. The molecule has 0 amide bonds. The SMILES string of the molecule is O=Cc1ccc(N2CC3CC3C2)cn1. The normalized spacial score (nSPS) is 28.7. The van der Waals surface area contributed by atoms with Gasteiger partial charge in [0, 0.05) is 13.1 Å². The molecule has 2 unspecified atom stereocenters. The number of pyridine rings is 1. The average molecular weight is 188 g/mol. The molecule has 1 aromatic rings. The Labute approximate surface area is 82.8 Å². The van der Waals surface area contributed by atoms with Crippen LogP contribution in [0.3, 0.4) is 0 Å². The molecule has 2 fully saturated rings. The summed E-state index contributed by atoms with van der Waals surface area (Å²) in [7, 11) is 0. The van der Waals surface area contributed by atoms with Crippen LogP contribution in [0.5, 0.6) is 0 Å². The highest BCUT2D eigenvalue weighted by molar-refractivity contribution is 5.72. The Hall–Kier alpha value is -1.38. The minimum absolute atomic E-state index is 0.512. The van der Waals surface area contributed by atoms with Gasteiger partial charge in [-0.25, -0.2) is 0 Å². The van der Waals surface area contributed by atoms with E-state index in [2.05, 4.69) is 9.88 Å². The zero-order chi connectivity index (χ0) is 9.54. The first-order chi connectivity index (χ1) is 6.86. The number of carbonyl (C=O) groups is 1. The van der Waals surface area contributed by atoms with Crippen molar-refractivity contribution in [1.82, 2.24) is 4.98 Å². The van der Waals surface area contributed by atoms with Gasteiger partial charge in [-0.2, -0.15) is 0 Å². The third-order valence-corrected chi connectivity index (χ3v) is 3.24. The molecule has 3 rings (SSSR count). The summed E-state index contributed by atoms with van der Waals surface area (Å²) in [5.41, 5.74) is 1.67. The van der Waals surface area contributed by atoms with Gasteiger partial charge in [0.1, 0.15) is 5.69 Å². The third kappa shape index (κ3) is 1.20. The standard InChI is InChI=1S/C11H12N2O/c14-7-10-1-2-11(4-12-10)13-5-8-3-9(8)6-13/h1-2,4,7-9H,3,5-6H2. The smallest absolute Gasteiger partial charge is 0.168 e. The van der Waals surface area contributed by atoms with Crippen molar-refractivity contribution in [3.63, 3.8) is 0 Å². The molecule has 1 aliphatic heterocycles. The number of nitrogens with zero attached hydrogens (tertiary/aromatic N) is 2. The molecule has 72 valence electrons. The molecule has 0 aromatic carbocycles. The fraction of sp³-hybridized carbons (Fsp3) is 0.455. The van der Waals surface area contributed by atoms with E-state index in [4.69, 9.17) is 0 Å². The first-order valence-electron chi connectivity index (χ1n) is 5.03. The Morgan fingerprint density at radius 1 is 1.36 bits per heavy atom. The van der Waals surface area contributed by atoms with Crippen LogP contribution in [0.2, 0.25) is 0 Å². The number of aromatic nitrogens is 1. The van der Waals surface area contributed by atoms with E-state index < -0.39 is 0 Å². The molecule has 0 radical (unpaired) electrons. The van der Waals surface area contributed by atoms with Crippen LogP contribution in [0.15, 0.2) is 18.3 Å². The van der Waals surface area contributed by atoms with Gasteiger partial charge in [-0.05, 0) is 30.4 Å². The molecular weight excluding hydrogens is 176 g/mol. The molecular formula is C11H12N2O. The zero-order valence-corrected chi connectivity index (χ0v) is 7.89. The number of hydrogen-bond donors (Lipinski definition) is 0. The lowest BCUT2D eigenvalue weighted by Crippen LogP contribution is -2.21. The number of carbonyl (C=O) groups excluding carboxylic acids is 1. The van der Waals surface area contributed by atoms with Gasteiger partial charge in [0.25, 0.3) is 0 Å². The van der Waals surface area contributed by atoms with E-state index in [1.165, 1.54) is 19.5 Å². The van der Waals surface area contributed by atoms with E-state index in [9.17, 15) is 4.79 Å². The Morgan fingerprint density at radius 2 is 2.14 bits per heavy atom. The molecule has 3 heteroatoms. The van der Waals surface area contributed by atoms with Crippen LogP contribution in [-0.2, 0) is 0 Å². The van der Waals surface area contributed by atoms with E-state index in [0.29, 0.717) is 5.69 Å². The fourth-order valence-corrected chi connectivity index (χ4v) is 2.26. The lowest BCUT2D eigenvalue weighted by atomic mass is 10.3. The number of hydrogen-bond acceptors (Lipinski definition) is 3. The summed E-state index contributed by atoms with van der Waals surface area (Å²) in [4.78, 5) is 16.9. The van der Waals surface area contributed by atoms with Crippen LogP contribution < -0.4 is 4.90 Å². The van der Waals surface area contributed by atoms with Gasteiger partial charge < -0.3 is 4.90 Å². The minimum Gasteiger partial charge on any atom is -0.370 e. The molecule has 2 heterocycles. The quantitative estimate of drug-likeness (QED) is 0.657. The molecule has 0 spiro atoms. The highest BCUT2D eigenvalue weighted by atomic mass is 16.1. The van der Waals surface area contributed by atoms with Gasteiger partial charge in [0.2, 0.25) is 0 Å². The maximum Gasteiger partial charge on any atom is 0.168 e. The van der Waals surface area contributed by atoms with Crippen LogP contribution in [0.25, 0.3) is 0 Å². The van der Waals surface area contributed by atoms with Gasteiger partial charge in [0.05, 0.1) is 11.9 Å². The Morgan fingerprint density at radius 3 is 2.71 bits per heavy atom. The van der Waals surface area contributed by atoms with Crippen molar-refractivity contribution in [3.8, 4) is 0 Å². The maximum absolute atomic E-state index is 10.4. The van der Waals surface area contributed by atoms with E-state index in [1.54, 1.807) is 12.3 Å². The molecule has 0 N–H and O–H groups in total. The van der Waals surface area contributed by atoms with Crippen molar-refractivity contribution >= 4 is 12.0 Å². The predicted molar refractivity (Wildman–Crippen MR) is 53.4 cm³/mol. The number of rotatable bonds is 2. The Balaban J connectivity index is 1.79. The van der Waals surface area contributed by atoms with Gasteiger partial charge >= 0.3 is 0 Å². The molecule has 3 nitrogen and oxygen atoms in total. The fourth-order valence-electron chi connectivity index (χ4n) is 2.26. The van der Waals surface area contributed by atoms with E-state index in [1.807, 2.05) is 6.07 Å². The maximum atomic E-state index is 10.4. The zero-order valence-electron chi connectivity index (χ0n) is 7.89. The first-order valence-corrected chi connectivity index (χ1v) is 5.03. The van der Waals surface area contributed by atoms with E-state index >= 15 is 0 Å². The molecule has 14 heavy (non-hydrogen) atoms. The van der Waals surface area contributed by atoms with E-state index in [-0.39, 0.29) is 0 Å². The van der Waals surface area contributed by atoms with Crippen molar-refractivity contribution in [2.24, 2.45) is 11.8 Å². The molecule has 0 bridgehead atoms. The lowest BCUT2D eigenvalue weighted by Gasteiger charge is -2.19. The second kappa shape index (κ2) is 2.80. The second-order valence-corrected chi connectivity index (χ2v) is 4.22. The van der Waals surface area contributed by atoms with Crippen molar-refractivity contribution in [1.29, 1.82) is 0 Å². The van der Waals surface area contributed by atoms with Crippen LogP contribution in [0.1, 0.15) is 16.9 Å². The number of aldehydes is 1. The van der Waals surface area contributed by atoms with Crippen molar-refractivity contribution in [3.05, 3.63) is 24.0 Å². The Kier molecular flexibility index (Phi) is 1.60. The highest BCUT2D eigenvalue weighted by Gasteiger charge is 2.45. The molecule has 1 aromatic heterocycles. The van der Waals surface area contributed by atoms with Crippen LogP contribution >= 0.6 is 0 Å². The second-order valence-electron chi connectivity index (χ2n) is 4.22. The summed E-state index contributed by atoms with van der Waals surface area (Å²) in [5, 5.41) is 0. The summed E-state index contributed by atoms with van der Waals surface area (Å²) in [6.07, 6.45) is 4.00. The molecule has 1 aliphatic carbocycles. The topological polar surface area (TPSA) is 33.2 Å². The summed E-state index contributed by atoms with van der Waals surface area (Å²) < 4.78 is 0. The number of piperidine rings is 1. The third-order valence-electron chi connectivity index (χ3n) is 3.24. The van der Waals surface area contributed by atoms with Crippen LogP contribution in [-0.4, -0.2) is 24.4 Å². The molecule has 1 saturated heterocycles. The van der Waals surface area contributed by atoms with E-state index in [0.717, 1.165) is 23.8 Å². The van der Waals surface area contributed by atoms with Crippen molar-refractivity contribution in [2.75, 3.05) is 18.0 Å². The van der Waals surface area contributed by atoms with Crippen LogP contribution in [0, 0.1) is 11.8 Å².